The molecule has 4 aromatic rings. The van der Waals surface area contributed by atoms with Crippen LogP contribution in [0.25, 0.3) is 0 Å². The third-order valence-electron chi connectivity index (χ3n) is 14.6. The van der Waals surface area contributed by atoms with Gasteiger partial charge in [0.2, 0.25) is 23.6 Å². The molecule has 2 aliphatic carbocycles. The van der Waals surface area contributed by atoms with Crippen molar-refractivity contribution in [3.63, 3.8) is 0 Å². The number of aryl methyl sites for hydroxylation is 2. The van der Waals surface area contributed by atoms with E-state index in [4.69, 9.17) is 14.6 Å². The zero-order chi connectivity index (χ0) is 49.9. The number of rotatable bonds is 10. The molecule has 19 heteroatoms. The summed E-state index contributed by atoms with van der Waals surface area (Å²) < 4.78 is 15.5. The molecule has 0 aromatic carbocycles. The summed E-state index contributed by atoms with van der Waals surface area (Å²) in [5.41, 5.74) is 6.38. The fourth-order valence-electron chi connectivity index (χ4n) is 10.4. The molecular weight excluding hydrogens is 909 g/mol. The number of aromatic nitrogens is 6. The van der Waals surface area contributed by atoms with Crippen molar-refractivity contribution in [2.24, 2.45) is 0 Å². The van der Waals surface area contributed by atoms with E-state index in [0.717, 1.165) is 137 Å². The van der Waals surface area contributed by atoms with Crippen molar-refractivity contribution in [1.82, 2.24) is 49.5 Å². The summed E-state index contributed by atoms with van der Waals surface area (Å²) in [6.07, 6.45) is 16.5. The molecule has 4 aromatic heterocycles. The van der Waals surface area contributed by atoms with Crippen molar-refractivity contribution < 1.29 is 44.0 Å². The highest BCUT2D eigenvalue weighted by atomic mass is 16.5. The van der Waals surface area contributed by atoms with Gasteiger partial charge < -0.3 is 44.8 Å². The normalized spacial score (nSPS) is 19.1. The number of nitrogens with zero attached hydrogens (tertiary/aromatic N) is 9. The second-order valence-electron chi connectivity index (χ2n) is 19.7. The van der Waals surface area contributed by atoms with E-state index in [-0.39, 0.29) is 60.9 Å². The monoisotopic (exact) mass is 981 g/mol. The van der Waals surface area contributed by atoms with Crippen molar-refractivity contribution in [2.45, 2.75) is 154 Å². The van der Waals surface area contributed by atoms with Gasteiger partial charge in [0.15, 0.2) is 11.4 Å². The Labute approximate surface area is 415 Å². The van der Waals surface area contributed by atoms with Gasteiger partial charge in [-0.3, -0.25) is 23.7 Å². The first-order valence-corrected chi connectivity index (χ1v) is 25.9. The lowest BCUT2D eigenvalue weighted by molar-refractivity contribution is -0.134. The first kappa shape index (κ1) is 51.4. The predicted octanol–water partition coefficient (Wildman–Crippen LogP) is 4.10. The van der Waals surface area contributed by atoms with Crippen LogP contribution in [0.15, 0.2) is 36.7 Å². The Morgan fingerprint density at radius 3 is 1.45 bits per heavy atom. The molecule has 0 atom stereocenters. The smallest absolute Gasteiger partial charge is 0.356 e. The van der Waals surface area contributed by atoms with Crippen molar-refractivity contribution in [3.05, 3.63) is 81.7 Å². The summed E-state index contributed by atoms with van der Waals surface area (Å²) in [5, 5.41) is 40.2. The Hall–Kier alpha value is -5.92. The minimum Gasteiger partial charge on any atom is -0.476 e. The quantitative estimate of drug-likeness (QED) is 0.176. The molecular formula is C52H72N10O9. The van der Waals surface area contributed by atoms with E-state index in [1.54, 1.807) is 26.7 Å². The molecule has 8 heterocycles. The Morgan fingerprint density at radius 2 is 1.01 bits per heavy atom. The number of carboxylic acids is 1. The maximum absolute atomic E-state index is 13.2. The average Bonchev–Trinajstić information content (AvgIpc) is 3.95. The van der Waals surface area contributed by atoms with Crippen molar-refractivity contribution >= 4 is 23.7 Å². The fraction of sp³-hybridized carbons (Fsp3) is 0.615. The third-order valence-corrected chi connectivity index (χ3v) is 14.6. The molecule has 0 saturated carbocycles. The van der Waals surface area contributed by atoms with Crippen LogP contribution in [0.4, 0.5) is 0 Å². The summed E-state index contributed by atoms with van der Waals surface area (Å²) in [6, 6.07) is 7.73. The maximum atomic E-state index is 13.2. The van der Waals surface area contributed by atoms with Crippen LogP contribution in [0.2, 0.25) is 0 Å². The summed E-state index contributed by atoms with van der Waals surface area (Å²) in [4.78, 5) is 64.8. The van der Waals surface area contributed by atoms with Crippen LogP contribution in [0.5, 0.6) is 11.8 Å². The molecule has 4 saturated heterocycles. The molecule has 4 N–H and O–H groups in total. The van der Waals surface area contributed by atoms with Crippen molar-refractivity contribution in [1.29, 1.82) is 0 Å². The Kier molecular flexibility index (Phi) is 17.7. The molecule has 19 nitrogen and oxygen atoms in total. The van der Waals surface area contributed by atoms with Crippen LogP contribution in [0, 0.1) is 13.8 Å². The van der Waals surface area contributed by atoms with Crippen molar-refractivity contribution in [2.75, 3.05) is 52.4 Å². The van der Waals surface area contributed by atoms with E-state index in [1.165, 1.54) is 0 Å². The van der Waals surface area contributed by atoms with Crippen LogP contribution < -0.4 is 14.8 Å². The number of hydrogen-bond donors (Lipinski definition) is 4. The van der Waals surface area contributed by atoms with Crippen LogP contribution >= 0.6 is 0 Å². The number of carbonyl (C=O) groups excluding carboxylic acids is 3. The van der Waals surface area contributed by atoms with Gasteiger partial charge in [-0.05, 0) is 116 Å². The van der Waals surface area contributed by atoms with Gasteiger partial charge in [0.25, 0.3) is 5.91 Å². The average molecular weight is 981 g/mol. The molecule has 10 rings (SSSR count). The molecule has 3 amide bonds. The van der Waals surface area contributed by atoms with E-state index in [9.17, 15) is 29.4 Å². The summed E-state index contributed by atoms with van der Waals surface area (Å²) >= 11 is 0. The van der Waals surface area contributed by atoms with Crippen LogP contribution in [-0.2, 0) is 48.4 Å². The van der Waals surface area contributed by atoms with Gasteiger partial charge in [-0.1, -0.05) is 12.1 Å². The standard InChI is InChI=1S/C26H35N5O4.C21H26N4O4.C5H11NO/c1-18-5-4-12-27-25(18)35-20-10-15-29(16-11-20)23(33)17-31-22-7-3-2-6-21(22)24(28-31)26(34)30-13-8-19(32)9-14-30;1-14-5-4-10-22-20(14)29-15-8-11-24(12-9-15)18(26)13-25-17-7-3-2-6-16(17)19(23-25)21(27)28;7-5-1-3-6-4-2-5/h4-5,12,19-20,32H,2-3,6-11,13-17H2,1H3;4-5,10,15H,2-3,6-9,11-13H2,1H3,(H,27,28);5-7H,1-4H2. The fourth-order valence-corrected chi connectivity index (χ4v) is 10.4. The maximum Gasteiger partial charge on any atom is 0.356 e. The lowest BCUT2D eigenvalue weighted by Gasteiger charge is -2.32. The SMILES string of the molecule is Cc1cccnc1OC1CCN(C(=O)Cn2nc(C(=O)N3CCC(O)CC3)c3c2CCCC3)CC1.Cc1cccnc1OC1CCN(C(=O)Cn2nc(C(=O)O)c3c2CCCC3)CC1.OC1CCNCC1. The highest BCUT2D eigenvalue weighted by molar-refractivity contribution is 5.94. The number of carboxylic acid groups (broad SMARTS) is 1. The number of aromatic carboxylic acids is 1. The highest BCUT2D eigenvalue weighted by Gasteiger charge is 2.33. The van der Waals surface area contributed by atoms with Crippen LogP contribution in [0.1, 0.15) is 132 Å². The van der Waals surface area contributed by atoms with E-state index < -0.39 is 5.97 Å². The summed E-state index contributed by atoms with van der Waals surface area (Å²) in [6.45, 7) is 9.81. The van der Waals surface area contributed by atoms with Gasteiger partial charge in [0, 0.05) is 111 Å². The van der Waals surface area contributed by atoms with Gasteiger partial charge >= 0.3 is 5.97 Å². The van der Waals surface area contributed by atoms with Gasteiger partial charge in [-0.15, -0.1) is 0 Å². The number of amides is 3. The first-order chi connectivity index (χ1) is 34.4. The number of pyridine rings is 2. The summed E-state index contributed by atoms with van der Waals surface area (Å²) in [5.74, 6) is 0.252. The zero-order valence-corrected chi connectivity index (χ0v) is 41.5. The number of piperidine rings is 4. The van der Waals surface area contributed by atoms with E-state index in [0.29, 0.717) is 69.6 Å². The Morgan fingerprint density at radius 1 is 0.592 bits per heavy atom. The molecule has 0 spiro atoms. The number of carbonyl (C=O) groups is 4. The predicted molar refractivity (Wildman–Crippen MR) is 262 cm³/mol. The number of likely N-dealkylation sites (tertiary alicyclic amines) is 3. The Bertz CT molecular complexity index is 2440. The molecule has 6 aliphatic rings. The molecule has 4 fully saturated rings. The van der Waals surface area contributed by atoms with Gasteiger partial charge in [0.05, 0.1) is 12.2 Å². The number of aliphatic hydroxyl groups is 2. The number of fused-ring (bicyclic) bond motifs is 2. The minimum atomic E-state index is -1.02. The number of aliphatic hydroxyl groups excluding tert-OH is 2. The van der Waals surface area contributed by atoms with Gasteiger partial charge in [-0.2, -0.15) is 10.2 Å². The lowest BCUT2D eigenvalue weighted by Crippen LogP contribution is -2.43. The first-order valence-electron chi connectivity index (χ1n) is 25.9. The largest absolute Gasteiger partial charge is 0.476 e. The minimum absolute atomic E-state index is 0.0229. The molecule has 4 aliphatic heterocycles. The third kappa shape index (κ3) is 13.3. The van der Waals surface area contributed by atoms with Gasteiger partial charge in [0.1, 0.15) is 25.3 Å². The Balaban J connectivity index is 0.000000169. The van der Waals surface area contributed by atoms with Gasteiger partial charge in [-0.25, -0.2) is 14.8 Å². The second kappa shape index (κ2) is 24.5. The molecule has 71 heavy (non-hydrogen) atoms. The van der Waals surface area contributed by atoms with E-state index in [1.807, 2.05) is 47.9 Å². The molecule has 0 unspecified atom stereocenters. The molecule has 384 valence electrons. The second-order valence-corrected chi connectivity index (χ2v) is 19.7. The number of ether oxygens (including phenoxy) is 2. The van der Waals surface area contributed by atoms with Crippen LogP contribution in [0.3, 0.4) is 0 Å². The number of hydrogen-bond acceptors (Lipinski definition) is 13. The van der Waals surface area contributed by atoms with E-state index >= 15 is 0 Å². The molecule has 0 bridgehead atoms. The highest BCUT2D eigenvalue weighted by Crippen LogP contribution is 2.29. The zero-order valence-electron chi connectivity index (χ0n) is 41.5. The summed E-state index contributed by atoms with van der Waals surface area (Å²) in [7, 11) is 0. The lowest BCUT2D eigenvalue weighted by atomic mass is 9.95. The molecule has 0 radical (unpaired) electrons. The van der Waals surface area contributed by atoms with Crippen LogP contribution in [-0.4, -0.2) is 160 Å². The van der Waals surface area contributed by atoms with E-state index in [2.05, 4.69) is 25.5 Å². The topological polar surface area (TPSA) is 231 Å². The number of nitrogens with one attached hydrogen (secondary N) is 1. The van der Waals surface area contributed by atoms with Crippen molar-refractivity contribution in [3.8, 4) is 11.8 Å².